The van der Waals surface area contributed by atoms with Crippen LogP contribution >= 0.6 is 0 Å². The van der Waals surface area contributed by atoms with Crippen molar-refractivity contribution in [2.75, 3.05) is 6.54 Å². The minimum Gasteiger partial charge on any atom is -0.357 e. The van der Waals surface area contributed by atoms with Gasteiger partial charge in [-0.2, -0.15) is 0 Å². The highest BCUT2D eigenvalue weighted by Crippen LogP contribution is 2.44. The Morgan fingerprint density at radius 2 is 1.96 bits per heavy atom. The third-order valence-electron chi connectivity index (χ3n) is 5.68. The minimum absolute atomic E-state index is 0.147. The Hall–Kier alpha value is -2.07. The molecule has 0 saturated carbocycles. The zero-order chi connectivity index (χ0) is 18.5. The van der Waals surface area contributed by atoms with Gasteiger partial charge in [-0.3, -0.25) is 4.90 Å². The van der Waals surface area contributed by atoms with E-state index < -0.39 is 0 Å². The molecule has 4 rings (SSSR count). The van der Waals surface area contributed by atoms with E-state index in [-0.39, 0.29) is 5.41 Å². The van der Waals surface area contributed by atoms with Crippen LogP contribution in [0, 0.1) is 12.3 Å². The number of benzene rings is 1. The molecule has 4 nitrogen and oxygen atoms in total. The van der Waals surface area contributed by atoms with Crippen LogP contribution in [0.3, 0.4) is 0 Å². The molecule has 0 fully saturated rings. The molecule has 4 heteroatoms. The molecule has 0 radical (unpaired) electrons. The fourth-order valence-corrected chi connectivity index (χ4v) is 4.52. The standard InChI is InChI=1S/C22H30N4/c1-6-19-23-14(2)18(24-19)13-26-12-11-16-15-9-7-8-10-17(15)25-20(16)21(26)22(3,4)5/h7-10,21,25H,6,11-13H2,1-5H3,(H,23,24). The van der Waals surface area contributed by atoms with Crippen LogP contribution in [0.4, 0.5) is 0 Å². The third-order valence-corrected chi connectivity index (χ3v) is 5.68. The molecule has 0 spiro atoms. The number of aryl methyl sites for hydroxylation is 2. The molecule has 1 aliphatic rings. The number of hydrogen-bond donors (Lipinski definition) is 2. The Morgan fingerprint density at radius 1 is 1.19 bits per heavy atom. The molecule has 0 saturated heterocycles. The van der Waals surface area contributed by atoms with Gasteiger partial charge in [-0.25, -0.2) is 4.98 Å². The number of fused-ring (bicyclic) bond motifs is 3. The lowest BCUT2D eigenvalue weighted by Gasteiger charge is -2.43. The Labute approximate surface area is 156 Å². The smallest absolute Gasteiger partial charge is 0.106 e. The summed E-state index contributed by atoms with van der Waals surface area (Å²) in [5, 5.41) is 1.39. The van der Waals surface area contributed by atoms with Gasteiger partial charge in [0.15, 0.2) is 0 Å². The maximum atomic E-state index is 4.83. The summed E-state index contributed by atoms with van der Waals surface area (Å²) in [7, 11) is 0. The van der Waals surface area contributed by atoms with E-state index in [0.29, 0.717) is 6.04 Å². The van der Waals surface area contributed by atoms with Gasteiger partial charge in [-0.1, -0.05) is 45.9 Å². The number of aromatic nitrogens is 3. The third kappa shape index (κ3) is 2.86. The first-order valence-corrected chi connectivity index (χ1v) is 9.76. The average molecular weight is 351 g/mol. The van der Waals surface area contributed by atoms with E-state index >= 15 is 0 Å². The topological polar surface area (TPSA) is 47.7 Å². The van der Waals surface area contributed by atoms with Gasteiger partial charge >= 0.3 is 0 Å². The van der Waals surface area contributed by atoms with Crippen molar-refractivity contribution >= 4 is 10.9 Å². The lowest BCUT2D eigenvalue weighted by Crippen LogP contribution is -2.41. The molecular formula is C22H30N4. The second-order valence-electron chi connectivity index (χ2n) is 8.66. The van der Waals surface area contributed by atoms with E-state index in [1.807, 2.05) is 0 Å². The Balaban J connectivity index is 1.75. The van der Waals surface area contributed by atoms with Crippen molar-refractivity contribution < 1.29 is 0 Å². The van der Waals surface area contributed by atoms with Gasteiger partial charge in [0.2, 0.25) is 0 Å². The summed E-state index contributed by atoms with van der Waals surface area (Å²) in [6.07, 6.45) is 2.05. The number of rotatable bonds is 3. The molecule has 2 N–H and O–H groups in total. The molecule has 3 heterocycles. The van der Waals surface area contributed by atoms with Crippen LogP contribution in [-0.2, 0) is 19.4 Å². The first-order chi connectivity index (χ1) is 12.4. The molecule has 1 aromatic carbocycles. The predicted octanol–water partition coefficient (Wildman–Crippen LogP) is 4.91. The summed E-state index contributed by atoms with van der Waals surface area (Å²) in [6.45, 7) is 13.3. The van der Waals surface area contributed by atoms with Gasteiger partial charge in [0.05, 0.1) is 11.7 Å². The average Bonchev–Trinajstić information content (AvgIpc) is 3.13. The normalized spacial score (nSPS) is 18.4. The summed E-state index contributed by atoms with van der Waals surface area (Å²) in [4.78, 5) is 14.6. The van der Waals surface area contributed by atoms with Crippen LogP contribution in [0.15, 0.2) is 24.3 Å². The number of hydrogen-bond acceptors (Lipinski definition) is 2. The fraction of sp³-hybridized carbons (Fsp3) is 0.500. The number of para-hydroxylation sites is 1. The molecule has 1 atom stereocenters. The SMILES string of the molecule is CCc1nc(CN2CCc3c([nH]c4ccccc34)C2C(C)(C)C)c(C)[nH]1. The Morgan fingerprint density at radius 3 is 2.65 bits per heavy atom. The van der Waals surface area contributed by atoms with Crippen LogP contribution in [0.1, 0.15) is 62.2 Å². The van der Waals surface area contributed by atoms with Gasteiger partial charge in [0, 0.05) is 41.8 Å². The Bertz CT molecular complexity index is 925. The molecule has 0 bridgehead atoms. The zero-order valence-corrected chi connectivity index (χ0v) is 16.6. The van der Waals surface area contributed by atoms with E-state index in [9.17, 15) is 0 Å². The van der Waals surface area contributed by atoms with Gasteiger partial charge in [-0.05, 0) is 30.4 Å². The van der Waals surface area contributed by atoms with Gasteiger partial charge in [0.1, 0.15) is 5.82 Å². The molecule has 0 amide bonds. The van der Waals surface area contributed by atoms with Crippen LogP contribution in [0.5, 0.6) is 0 Å². The highest BCUT2D eigenvalue weighted by Gasteiger charge is 2.38. The monoisotopic (exact) mass is 350 g/mol. The molecule has 26 heavy (non-hydrogen) atoms. The lowest BCUT2D eigenvalue weighted by molar-refractivity contribution is 0.0781. The van der Waals surface area contributed by atoms with Crippen molar-refractivity contribution in [1.82, 2.24) is 19.9 Å². The fourth-order valence-electron chi connectivity index (χ4n) is 4.52. The largest absolute Gasteiger partial charge is 0.357 e. The second-order valence-corrected chi connectivity index (χ2v) is 8.66. The summed E-state index contributed by atoms with van der Waals surface area (Å²) in [5.74, 6) is 1.09. The van der Waals surface area contributed by atoms with Gasteiger partial charge in [-0.15, -0.1) is 0 Å². The number of nitrogens with zero attached hydrogens (tertiary/aromatic N) is 2. The van der Waals surface area contributed by atoms with E-state index in [0.717, 1.165) is 31.8 Å². The van der Waals surface area contributed by atoms with E-state index in [2.05, 4.69) is 73.8 Å². The van der Waals surface area contributed by atoms with E-state index in [4.69, 9.17) is 4.98 Å². The van der Waals surface area contributed by atoms with Crippen molar-refractivity contribution in [2.45, 2.75) is 60.0 Å². The molecular weight excluding hydrogens is 320 g/mol. The van der Waals surface area contributed by atoms with Crippen molar-refractivity contribution in [3.8, 4) is 0 Å². The number of nitrogens with one attached hydrogen (secondary N) is 2. The van der Waals surface area contributed by atoms with Crippen LogP contribution in [0.2, 0.25) is 0 Å². The Kier molecular flexibility index (Phi) is 4.19. The summed E-state index contributed by atoms with van der Waals surface area (Å²) < 4.78 is 0. The van der Waals surface area contributed by atoms with Crippen molar-refractivity contribution in [1.29, 1.82) is 0 Å². The molecule has 1 aliphatic heterocycles. The van der Waals surface area contributed by atoms with Crippen molar-refractivity contribution in [3.05, 3.63) is 52.7 Å². The van der Waals surface area contributed by atoms with E-state index in [1.165, 1.54) is 33.5 Å². The molecule has 138 valence electrons. The van der Waals surface area contributed by atoms with Gasteiger partial charge < -0.3 is 9.97 Å². The predicted molar refractivity (Wildman–Crippen MR) is 107 cm³/mol. The first-order valence-electron chi connectivity index (χ1n) is 9.76. The maximum Gasteiger partial charge on any atom is 0.106 e. The van der Waals surface area contributed by atoms with Crippen LogP contribution < -0.4 is 0 Å². The second kappa shape index (κ2) is 6.27. The van der Waals surface area contributed by atoms with Crippen molar-refractivity contribution in [2.24, 2.45) is 5.41 Å². The quantitative estimate of drug-likeness (QED) is 0.705. The lowest BCUT2D eigenvalue weighted by atomic mass is 9.79. The summed E-state index contributed by atoms with van der Waals surface area (Å²) >= 11 is 0. The molecule has 3 aromatic rings. The first kappa shape index (κ1) is 17.3. The highest BCUT2D eigenvalue weighted by molar-refractivity contribution is 5.85. The number of H-pyrrole nitrogens is 2. The minimum atomic E-state index is 0.147. The van der Waals surface area contributed by atoms with Crippen molar-refractivity contribution in [3.63, 3.8) is 0 Å². The molecule has 1 unspecified atom stereocenters. The maximum absolute atomic E-state index is 4.83. The zero-order valence-electron chi connectivity index (χ0n) is 16.6. The van der Waals surface area contributed by atoms with Gasteiger partial charge in [0.25, 0.3) is 0 Å². The van der Waals surface area contributed by atoms with E-state index in [1.54, 1.807) is 0 Å². The number of imidazole rings is 1. The molecule has 2 aromatic heterocycles. The van der Waals surface area contributed by atoms with Crippen LogP contribution in [-0.4, -0.2) is 26.4 Å². The molecule has 0 aliphatic carbocycles. The number of aromatic amines is 2. The highest BCUT2D eigenvalue weighted by atomic mass is 15.2. The summed E-state index contributed by atoms with van der Waals surface area (Å²) in [6, 6.07) is 9.08. The van der Waals surface area contributed by atoms with Crippen LogP contribution in [0.25, 0.3) is 10.9 Å². The summed E-state index contributed by atoms with van der Waals surface area (Å²) in [5.41, 5.74) is 6.71.